The van der Waals surface area contributed by atoms with Crippen LogP contribution in [0.4, 0.5) is 5.13 Å². The van der Waals surface area contributed by atoms with E-state index in [-0.39, 0.29) is 12.5 Å². The third kappa shape index (κ3) is 5.12. The molecule has 3 rings (SSSR count). The molecule has 0 radical (unpaired) electrons. The van der Waals surface area contributed by atoms with Gasteiger partial charge in [0.15, 0.2) is 23.2 Å². The zero-order valence-corrected chi connectivity index (χ0v) is 17.3. The molecule has 0 unspecified atom stereocenters. The lowest BCUT2D eigenvalue weighted by Gasteiger charge is -2.11. The van der Waals surface area contributed by atoms with Gasteiger partial charge in [-0.2, -0.15) is 5.26 Å². The Kier molecular flexibility index (Phi) is 6.47. The second-order valence-corrected chi connectivity index (χ2v) is 7.26. The average Bonchev–Trinajstić information content (AvgIpc) is 3.17. The maximum Gasteiger partial charge on any atom is 0.264 e. The van der Waals surface area contributed by atoms with Crippen molar-refractivity contribution in [2.24, 2.45) is 0 Å². The third-order valence-corrected chi connectivity index (χ3v) is 4.91. The first kappa shape index (κ1) is 20.4. The number of carbonyl (C=O) groups excluding carboxylic acids is 1. The Morgan fingerprint density at radius 3 is 2.76 bits per heavy atom. The molecule has 6 nitrogen and oxygen atoms in total. The fourth-order valence-electron chi connectivity index (χ4n) is 2.73. The average molecular weight is 407 g/mol. The lowest BCUT2D eigenvalue weighted by Crippen LogP contribution is -2.20. The summed E-state index contributed by atoms with van der Waals surface area (Å²) in [5.41, 5.74) is 4.64. The van der Waals surface area contributed by atoms with Gasteiger partial charge in [0.05, 0.1) is 23.9 Å². The molecule has 0 aliphatic heterocycles. The van der Waals surface area contributed by atoms with Crippen LogP contribution in [0.25, 0.3) is 11.3 Å². The molecule has 0 spiro atoms. The standard InChI is InChI=1S/C22H21N3O3S/c1-4-27-20-10-16(11-23)7-8-19(20)28-12-21(26)25-22-24-18(13-29-22)17-9-14(2)5-6-15(17)3/h5-10,13H,4,12H2,1-3H3,(H,24,25,26). The highest BCUT2D eigenvalue weighted by Gasteiger charge is 2.12. The molecule has 29 heavy (non-hydrogen) atoms. The number of nitrogens with zero attached hydrogens (tertiary/aromatic N) is 2. The molecule has 1 N–H and O–H groups in total. The van der Waals surface area contributed by atoms with Crippen molar-refractivity contribution in [3.8, 4) is 28.8 Å². The van der Waals surface area contributed by atoms with E-state index < -0.39 is 0 Å². The first-order chi connectivity index (χ1) is 14.0. The molecule has 3 aromatic rings. The van der Waals surface area contributed by atoms with Crippen molar-refractivity contribution in [3.63, 3.8) is 0 Å². The van der Waals surface area contributed by atoms with E-state index in [2.05, 4.69) is 34.6 Å². The first-order valence-corrected chi connectivity index (χ1v) is 10.0. The molecule has 0 fully saturated rings. The second kappa shape index (κ2) is 9.22. The van der Waals surface area contributed by atoms with Crippen molar-refractivity contribution < 1.29 is 14.3 Å². The van der Waals surface area contributed by atoms with Crippen LogP contribution in [0.5, 0.6) is 11.5 Å². The molecule has 7 heteroatoms. The number of nitrogens with one attached hydrogen (secondary N) is 1. The third-order valence-electron chi connectivity index (χ3n) is 4.15. The van der Waals surface area contributed by atoms with E-state index in [0.29, 0.717) is 28.8 Å². The number of aryl methyl sites for hydroxylation is 2. The van der Waals surface area contributed by atoms with Gasteiger partial charge >= 0.3 is 0 Å². The number of hydrogen-bond acceptors (Lipinski definition) is 6. The summed E-state index contributed by atoms with van der Waals surface area (Å²) in [6, 6.07) is 13.1. The lowest BCUT2D eigenvalue weighted by atomic mass is 10.0. The molecule has 1 heterocycles. The smallest absolute Gasteiger partial charge is 0.264 e. The number of thiazole rings is 1. The summed E-state index contributed by atoms with van der Waals surface area (Å²) in [6.07, 6.45) is 0. The monoisotopic (exact) mass is 407 g/mol. The van der Waals surface area contributed by atoms with Crippen molar-refractivity contribution in [2.75, 3.05) is 18.5 Å². The van der Waals surface area contributed by atoms with E-state index in [1.165, 1.54) is 11.3 Å². The van der Waals surface area contributed by atoms with E-state index in [1.54, 1.807) is 18.2 Å². The van der Waals surface area contributed by atoms with Gasteiger partial charge in [0.1, 0.15) is 0 Å². The molecule has 1 aromatic heterocycles. The van der Waals surface area contributed by atoms with Crippen LogP contribution in [0.15, 0.2) is 41.8 Å². The number of anilines is 1. The first-order valence-electron chi connectivity index (χ1n) is 9.13. The summed E-state index contributed by atoms with van der Waals surface area (Å²) >= 11 is 1.37. The SMILES string of the molecule is CCOc1cc(C#N)ccc1OCC(=O)Nc1nc(-c2cc(C)ccc2C)cs1. The van der Waals surface area contributed by atoms with Crippen molar-refractivity contribution >= 4 is 22.4 Å². The number of amides is 1. The van der Waals surface area contributed by atoms with Gasteiger partial charge < -0.3 is 9.47 Å². The highest BCUT2D eigenvalue weighted by Crippen LogP contribution is 2.29. The molecule has 0 saturated heterocycles. The number of benzene rings is 2. The van der Waals surface area contributed by atoms with Crippen LogP contribution in [-0.4, -0.2) is 24.1 Å². The summed E-state index contributed by atoms with van der Waals surface area (Å²) in [5, 5.41) is 14.2. The van der Waals surface area contributed by atoms with Crippen LogP contribution in [-0.2, 0) is 4.79 Å². The molecular weight excluding hydrogens is 386 g/mol. The fourth-order valence-corrected chi connectivity index (χ4v) is 3.46. The van der Waals surface area contributed by atoms with Gasteiger partial charge in [-0.05, 0) is 44.5 Å². The van der Waals surface area contributed by atoms with Crippen molar-refractivity contribution in [1.82, 2.24) is 4.98 Å². The number of nitriles is 1. The predicted octanol–water partition coefficient (Wildman–Crippen LogP) is 4.71. The van der Waals surface area contributed by atoms with Crippen molar-refractivity contribution in [1.29, 1.82) is 5.26 Å². The summed E-state index contributed by atoms with van der Waals surface area (Å²) in [4.78, 5) is 16.8. The maximum atomic E-state index is 12.3. The fraction of sp³-hybridized carbons (Fsp3) is 0.227. The van der Waals surface area contributed by atoms with Gasteiger partial charge in [0, 0.05) is 17.0 Å². The quantitative estimate of drug-likeness (QED) is 0.613. The predicted molar refractivity (Wildman–Crippen MR) is 113 cm³/mol. The van der Waals surface area contributed by atoms with Crippen molar-refractivity contribution in [3.05, 3.63) is 58.5 Å². The number of ether oxygens (including phenoxy) is 2. The van der Waals surface area contributed by atoms with Gasteiger partial charge in [-0.3, -0.25) is 10.1 Å². The van der Waals surface area contributed by atoms with Crippen LogP contribution in [0.1, 0.15) is 23.6 Å². The highest BCUT2D eigenvalue weighted by molar-refractivity contribution is 7.14. The number of aromatic nitrogens is 1. The Balaban J connectivity index is 1.64. The second-order valence-electron chi connectivity index (χ2n) is 6.40. The van der Waals surface area contributed by atoms with E-state index in [9.17, 15) is 4.79 Å². The van der Waals surface area contributed by atoms with E-state index >= 15 is 0 Å². The molecule has 0 bridgehead atoms. The van der Waals surface area contributed by atoms with E-state index in [4.69, 9.17) is 14.7 Å². The summed E-state index contributed by atoms with van der Waals surface area (Å²) in [6.45, 7) is 6.15. The maximum absolute atomic E-state index is 12.3. The van der Waals surface area contributed by atoms with Crippen LogP contribution in [0.3, 0.4) is 0 Å². The minimum absolute atomic E-state index is 0.190. The molecule has 0 aliphatic rings. The minimum atomic E-state index is -0.321. The largest absolute Gasteiger partial charge is 0.490 e. The van der Waals surface area contributed by atoms with Gasteiger partial charge in [-0.1, -0.05) is 17.7 Å². The molecule has 2 aromatic carbocycles. The Morgan fingerprint density at radius 1 is 1.17 bits per heavy atom. The number of carbonyl (C=O) groups is 1. The molecule has 148 valence electrons. The van der Waals surface area contributed by atoms with Gasteiger partial charge in [0.25, 0.3) is 5.91 Å². The zero-order valence-electron chi connectivity index (χ0n) is 16.5. The lowest BCUT2D eigenvalue weighted by molar-refractivity contribution is -0.118. The van der Waals surface area contributed by atoms with Gasteiger partial charge in [-0.15, -0.1) is 11.3 Å². The molecular formula is C22H21N3O3S. The number of hydrogen-bond donors (Lipinski definition) is 1. The Labute approximate surface area is 173 Å². The normalized spacial score (nSPS) is 10.3. The Hall–Kier alpha value is -3.37. The number of rotatable bonds is 7. The molecule has 0 saturated carbocycles. The van der Waals surface area contributed by atoms with Gasteiger partial charge in [0.2, 0.25) is 0 Å². The minimum Gasteiger partial charge on any atom is -0.490 e. The molecule has 1 amide bonds. The topological polar surface area (TPSA) is 84.2 Å². The van der Waals surface area contributed by atoms with Crippen LogP contribution < -0.4 is 14.8 Å². The van der Waals surface area contributed by atoms with E-state index in [0.717, 1.165) is 22.4 Å². The van der Waals surface area contributed by atoms with Gasteiger partial charge in [-0.25, -0.2) is 4.98 Å². The summed E-state index contributed by atoms with van der Waals surface area (Å²) in [7, 11) is 0. The van der Waals surface area contributed by atoms with Crippen molar-refractivity contribution in [2.45, 2.75) is 20.8 Å². The van der Waals surface area contributed by atoms with Crippen LogP contribution >= 0.6 is 11.3 Å². The zero-order chi connectivity index (χ0) is 20.8. The summed E-state index contributed by atoms with van der Waals surface area (Å²) < 4.78 is 11.1. The molecule has 0 aliphatic carbocycles. The summed E-state index contributed by atoms with van der Waals surface area (Å²) in [5.74, 6) is 0.528. The van der Waals surface area contributed by atoms with E-state index in [1.807, 2.05) is 26.2 Å². The molecule has 0 atom stereocenters. The Bertz CT molecular complexity index is 1070. The Morgan fingerprint density at radius 2 is 2.00 bits per heavy atom. The van der Waals surface area contributed by atoms with Crippen LogP contribution in [0.2, 0.25) is 0 Å². The van der Waals surface area contributed by atoms with Crippen LogP contribution in [0, 0.1) is 25.2 Å². The highest BCUT2D eigenvalue weighted by atomic mass is 32.1.